The lowest BCUT2D eigenvalue weighted by molar-refractivity contribution is 0.325. The summed E-state index contributed by atoms with van der Waals surface area (Å²) in [4.78, 5) is 4.08. The molecule has 0 unspecified atom stereocenters. The molecule has 2 rings (SSSR count). The Balaban J connectivity index is 2.68. The van der Waals surface area contributed by atoms with E-state index in [9.17, 15) is 0 Å². The van der Waals surface area contributed by atoms with Gasteiger partial charge in [-0.3, -0.25) is 0 Å². The van der Waals surface area contributed by atoms with Crippen LogP contribution in [-0.4, -0.2) is 26.3 Å². The largest absolute Gasteiger partial charge is 0.493 e. The first-order valence-corrected chi connectivity index (χ1v) is 5.72. The van der Waals surface area contributed by atoms with E-state index in [1.54, 1.807) is 27.5 Å². The number of pyridine rings is 1. The summed E-state index contributed by atoms with van der Waals surface area (Å²) in [5, 5.41) is 0. The summed E-state index contributed by atoms with van der Waals surface area (Å²) in [5.41, 5.74) is 7.50. The number of aromatic nitrogens is 1. The van der Waals surface area contributed by atoms with Crippen molar-refractivity contribution in [2.75, 3.05) is 27.1 Å². The van der Waals surface area contributed by atoms with Crippen LogP contribution in [0.1, 0.15) is 0 Å². The molecule has 0 saturated heterocycles. The van der Waals surface area contributed by atoms with Gasteiger partial charge in [-0.15, -0.1) is 0 Å². The number of hydrogen-bond donors (Lipinski definition) is 1. The Morgan fingerprint density at radius 1 is 0.895 bits per heavy atom. The average molecular weight is 260 g/mol. The maximum Gasteiger partial charge on any atom is 0.203 e. The molecule has 0 aliphatic heterocycles. The van der Waals surface area contributed by atoms with Crippen LogP contribution in [0.15, 0.2) is 30.5 Å². The van der Waals surface area contributed by atoms with Gasteiger partial charge in [0.1, 0.15) is 5.82 Å². The van der Waals surface area contributed by atoms with Crippen molar-refractivity contribution in [1.29, 1.82) is 0 Å². The zero-order valence-electron chi connectivity index (χ0n) is 11.1. The van der Waals surface area contributed by atoms with Crippen LogP contribution in [-0.2, 0) is 0 Å². The summed E-state index contributed by atoms with van der Waals surface area (Å²) < 4.78 is 16.0. The van der Waals surface area contributed by atoms with Crippen molar-refractivity contribution in [3.8, 4) is 28.4 Å². The fourth-order valence-electron chi connectivity index (χ4n) is 1.96. The number of rotatable bonds is 4. The third kappa shape index (κ3) is 2.27. The molecule has 0 aliphatic rings. The van der Waals surface area contributed by atoms with Gasteiger partial charge in [0.05, 0.1) is 21.3 Å². The summed E-state index contributed by atoms with van der Waals surface area (Å²) in [5.74, 6) is 2.14. The molecule has 0 atom stereocenters. The molecule has 0 amide bonds. The Labute approximate surface area is 111 Å². The summed E-state index contributed by atoms with van der Waals surface area (Å²) in [7, 11) is 4.72. The molecular weight excluding hydrogens is 244 g/mol. The van der Waals surface area contributed by atoms with Crippen LogP contribution in [0.5, 0.6) is 17.2 Å². The molecule has 5 heteroatoms. The predicted octanol–water partition coefficient (Wildman–Crippen LogP) is 2.36. The van der Waals surface area contributed by atoms with Crippen LogP contribution in [0, 0.1) is 0 Å². The van der Waals surface area contributed by atoms with Crippen molar-refractivity contribution >= 4 is 5.82 Å². The molecule has 0 radical (unpaired) electrons. The fraction of sp³-hybridized carbons (Fsp3) is 0.214. The van der Waals surface area contributed by atoms with Gasteiger partial charge in [0, 0.05) is 17.3 Å². The van der Waals surface area contributed by atoms with Crippen LogP contribution >= 0.6 is 0 Å². The highest BCUT2D eigenvalue weighted by molar-refractivity contribution is 5.82. The zero-order valence-corrected chi connectivity index (χ0v) is 11.1. The Bertz CT molecular complexity index is 585. The van der Waals surface area contributed by atoms with Gasteiger partial charge in [-0.25, -0.2) is 4.98 Å². The molecule has 5 nitrogen and oxygen atoms in total. The van der Waals surface area contributed by atoms with Gasteiger partial charge in [0.25, 0.3) is 0 Å². The molecule has 2 aromatic rings. The molecule has 0 spiro atoms. The van der Waals surface area contributed by atoms with Crippen LogP contribution in [0.25, 0.3) is 11.1 Å². The lowest BCUT2D eigenvalue weighted by atomic mass is 10.0. The highest BCUT2D eigenvalue weighted by Gasteiger charge is 2.18. The molecule has 0 saturated carbocycles. The number of hydrogen-bond acceptors (Lipinski definition) is 5. The topological polar surface area (TPSA) is 66.6 Å². The van der Waals surface area contributed by atoms with Gasteiger partial charge < -0.3 is 19.9 Å². The maximum atomic E-state index is 5.90. The number of ether oxygens (including phenoxy) is 3. The van der Waals surface area contributed by atoms with E-state index < -0.39 is 0 Å². The van der Waals surface area contributed by atoms with Gasteiger partial charge in [-0.1, -0.05) is 0 Å². The highest BCUT2D eigenvalue weighted by Crippen LogP contribution is 2.45. The monoisotopic (exact) mass is 260 g/mol. The third-order valence-electron chi connectivity index (χ3n) is 2.83. The van der Waals surface area contributed by atoms with Gasteiger partial charge in [0.2, 0.25) is 5.75 Å². The number of benzene rings is 1. The highest BCUT2D eigenvalue weighted by atomic mass is 16.5. The second kappa shape index (κ2) is 5.48. The smallest absolute Gasteiger partial charge is 0.203 e. The molecule has 0 fully saturated rings. The van der Waals surface area contributed by atoms with E-state index in [4.69, 9.17) is 19.9 Å². The van der Waals surface area contributed by atoms with E-state index in [0.29, 0.717) is 23.1 Å². The first-order chi connectivity index (χ1) is 9.22. The number of methoxy groups -OCH3 is 3. The van der Waals surface area contributed by atoms with E-state index in [-0.39, 0.29) is 0 Å². The Morgan fingerprint density at radius 3 is 2.21 bits per heavy atom. The summed E-state index contributed by atoms with van der Waals surface area (Å²) >= 11 is 0. The van der Waals surface area contributed by atoms with Gasteiger partial charge in [-0.2, -0.15) is 0 Å². The average Bonchev–Trinajstić information content (AvgIpc) is 2.46. The van der Waals surface area contributed by atoms with E-state index in [2.05, 4.69) is 4.98 Å². The van der Waals surface area contributed by atoms with Gasteiger partial charge in [0.15, 0.2) is 11.5 Å². The van der Waals surface area contributed by atoms with E-state index in [0.717, 1.165) is 11.1 Å². The number of nitrogen functional groups attached to an aromatic ring is 1. The molecule has 2 N–H and O–H groups in total. The molecule has 19 heavy (non-hydrogen) atoms. The Hall–Kier alpha value is -2.43. The second-order valence-corrected chi connectivity index (χ2v) is 3.82. The number of nitrogens with two attached hydrogens (primary N) is 1. The van der Waals surface area contributed by atoms with Crippen molar-refractivity contribution < 1.29 is 14.2 Å². The van der Waals surface area contributed by atoms with Crippen LogP contribution in [0.2, 0.25) is 0 Å². The summed E-state index contributed by atoms with van der Waals surface area (Å²) in [6.07, 6.45) is 1.64. The lowest BCUT2D eigenvalue weighted by Crippen LogP contribution is -1.99. The minimum Gasteiger partial charge on any atom is -0.493 e. The van der Waals surface area contributed by atoms with Crippen LogP contribution in [0.3, 0.4) is 0 Å². The third-order valence-corrected chi connectivity index (χ3v) is 2.83. The zero-order chi connectivity index (χ0) is 13.8. The van der Waals surface area contributed by atoms with E-state index >= 15 is 0 Å². The Morgan fingerprint density at radius 2 is 1.63 bits per heavy atom. The van der Waals surface area contributed by atoms with Gasteiger partial charge >= 0.3 is 0 Å². The molecule has 1 heterocycles. The molecule has 1 aromatic heterocycles. The summed E-state index contributed by atoms with van der Waals surface area (Å²) in [6, 6.07) is 7.38. The quantitative estimate of drug-likeness (QED) is 0.914. The first-order valence-electron chi connectivity index (χ1n) is 5.72. The minimum absolute atomic E-state index is 0.438. The van der Waals surface area contributed by atoms with Crippen molar-refractivity contribution in [1.82, 2.24) is 4.98 Å². The normalized spacial score (nSPS) is 10.1. The second-order valence-electron chi connectivity index (χ2n) is 3.82. The molecule has 1 aromatic carbocycles. The van der Waals surface area contributed by atoms with Crippen molar-refractivity contribution in [3.63, 3.8) is 0 Å². The first kappa shape index (κ1) is 13.0. The van der Waals surface area contributed by atoms with Crippen LogP contribution in [0.4, 0.5) is 5.82 Å². The van der Waals surface area contributed by atoms with Crippen molar-refractivity contribution in [2.24, 2.45) is 0 Å². The number of anilines is 1. The van der Waals surface area contributed by atoms with Crippen molar-refractivity contribution in [3.05, 3.63) is 30.5 Å². The summed E-state index contributed by atoms with van der Waals surface area (Å²) in [6.45, 7) is 0. The van der Waals surface area contributed by atoms with E-state index in [1.165, 1.54) is 0 Å². The SMILES string of the molecule is COc1ccc(-c2cccnc2N)c(OC)c1OC. The Kier molecular flexibility index (Phi) is 3.75. The molecular formula is C14H16N2O3. The van der Waals surface area contributed by atoms with Crippen LogP contribution < -0.4 is 19.9 Å². The van der Waals surface area contributed by atoms with Crippen molar-refractivity contribution in [2.45, 2.75) is 0 Å². The van der Waals surface area contributed by atoms with E-state index in [1.807, 2.05) is 24.3 Å². The fourth-order valence-corrected chi connectivity index (χ4v) is 1.96. The standard InChI is InChI=1S/C14H16N2O3/c1-17-11-7-6-9(12(18-2)13(11)19-3)10-5-4-8-16-14(10)15/h4-8H,1-3H3,(H2,15,16). The molecule has 0 aliphatic carbocycles. The lowest BCUT2D eigenvalue weighted by Gasteiger charge is -2.16. The predicted molar refractivity (Wildman–Crippen MR) is 73.7 cm³/mol. The van der Waals surface area contributed by atoms with Gasteiger partial charge in [-0.05, 0) is 24.3 Å². The molecule has 100 valence electrons. The number of nitrogens with zero attached hydrogens (tertiary/aromatic N) is 1. The maximum absolute atomic E-state index is 5.90. The molecule has 0 bridgehead atoms. The minimum atomic E-state index is 0.438.